The third kappa shape index (κ3) is 1.94. The van der Waals surface area contributed by atoms with Crippen molar-refractivity contribution >= 4 is 39.9 Å². The number of carbonyl (C=O) groups is 3. The Morgan fingerprint density at radius 3 is 2.47 bits per heavy atom. The number of hydrogen-bond donors (Lipinski definition) is 2. The molecule has 6 rings (SSSR count). The van der Waals surface area contributed by atoms with E-state index in [0.717, 1.165) is 16.3 Å². The number of nitrogens with zero attached hydrogens (tertiary/aromatic N) is 1. The Balaban J connectivity index is 1.54. The van der Waals surface area contributed by atoms with Crippen LogP contribution in [0.5, 0.6) is 0 Å². The molecule has 3 amide bonds. The Kier molecular flexibility index (Phi) is 3.34. The van der Waals surface area contributed by atoms with E-state index >= 15 is 0 Å². The van der Waals surface area contributed by atoms with E-state index in [2.05, 4.69) is 10.6 Å². The molecule has 6 nitrogen and oxygen atoms in total. The van der Waals surface area contributed by atoms with Crippen LogP contribution in [-0.4, -0.2) is 23.8 Å². The highest BCUT2D eigenvalue weighted by atomic mass is 16.2. The summed E-state index contributed by atoms with van der Waals surface area (Å²) in [6.07, 6.45) is 0. The fourth-order valence-corrected chi connectivity index (χ4v) is 5.56. The highest BCUT2D eigenvalue weighted by Gasteiger charge is 2.69. The molecule has 0 aromatic heterocycles. The van der Waals surface area contributed by atoms with Crippen LogP contribution < -0.4 is 15.5 Å². The first-order valence-corrected chi connectivity index (χ1v) is 10.1. The molecule has 3 aliphatic rings. The Morgan fingerprint density at radius 2 is 1.60 bits per heavy atom. The molecule has 148 valence electrons. The van der Waals surface area contributed by atoms with Gasteiger partial charge in [0, 0.05) is 22.7 Å². The Labute approximate surface area is 172 Å². The van der Waals surface area contributed by atoms with Crippen molar-refractivity contribution in [3.63, 3.8) is 0 Å². The van der Waals surface area contributed by atoms with E-state index in [1.54, 1.807) is 6.07 Å². The Bertz CT molecular complexity index is 1260. The van der Waals surface area contributed by atoms with Gasteiger partial charge < -0.3 is 5.32 Å². The number of para-hydroxylation sites is 1. The zero-order chi connectivity index (χ0) is 20.6. The van der Waals surface area contributed by atoms with Gasteiger partial charge in [-0.25, -0.2) is 4.90 Å². The maximum absolute atomic E-state index is 13.8. The van der Waals surface area contributed by atoms with Gasteiger partial charge in [-0.3, -0.25) is 19.7 Å². The quantitative estimate of drug-likeness (QED) is 0.619. The van der Waals surface area contributed by atoms with E-state index in [1.165, 1.54) is 4.90 Å². The molecule has 2 saturated heterocycles. The lowest BCUT2D eigenvalue weighted by atomic mass is 9.76. The Hall–Kier alpha value is -3.51. The molecule has 3 aliphatic heterocycles. The SMILES string of the molecule is CC1NC2(C(=O)Nc3ccccc32)C2C(=O)N(c3cccc4ccccc34)C(=O)C12. The topological polar surface area (TPSA) is 78.5 Å². The van der Waals surface area contributed by atoms with Crippen LogP contribution >= 0.6 is 0 Å². The van der Waals surface area contributed by atoms with Crippen LogP contribution in [0.3, 0.4) is 0 Å². The summed E-state index contributed by atoms with van der Waals surface area (Å²) >= 11 is 0. The molecule has 3 aromatic rings. The second-order valence-electron chi connectivity index (χ2n) is 8.25. The minimum atomic E-state index is -1.23. The van der Waals surface area contributed by atoms with Crippen LogP contribution in [0.25, 0.3) is 10.8 Å². The van der Waals surface area contributed by atoms with Gasteiger partial charge in [0.25, 0.3) is 0 Å². The first-order valence-electron chi connectivity index (χ1n) is 10.1. The molecule has 1 spiro atoms. The zero-order valence-corrected chi connectivity index (χ0v) is 16.3. The van der Waals surface area contributed by atoms with Crippen molar-refractivity contribution in [1.82, 2.24) is 5.32 Å². The fraction of sp³-hybridized carbons (Fsp3) is 0.208. The highest BCUT2D eigenvalue weighted by molar-refractivity contribution is 6.27. The van der Waals surface area contributed by atoms with E-state index in [1.807, 2.05) is 67.6 Å². The van der Waals surface area contributed by atoms with Gasteiger partial charge in [-0.15, -0.1) is 0 Å². The van der Waals surface area contributed by atoms with E-state index in [4.69, 9.17) is 0 Å². The lowest BCUT2D eigenvalue weighted by Crippen LogP contribution is -2.53. The molecule has 0 radical (unpaired) electrons. The van der Waals surface area contributed by atoms with Crippen molar-refractivity contribution in [3.8, 4) is 0 Å². The number of fused-ring (bicyclic) bond motifs is 5. The normalized spacial score (nSPS) is 29.6. The third-order valence-corrected chi connectivity index (χ3v) is 6.78. The summed E-state index contributed by atoms with van der Waals surface area (Å²) in [7, 11) is 0. The van der Waals surface area contributed by atoms with Crippen LogP contribution in [0.4, 0.5) is 11.4 Å². The molecule has 6 heteroatoms. The number of carbonyl (C=O) groups excluding carboxylic acids is 3. The van der Waals surface area contributed by atoms with Crippen LogP contribution in [0.15, 0.2) is 66.7 Å². The highest BCUT2D eigenvalue weighted by Crippen LogP contribution is 2.53. The molecule has 2 fully saturated rings. The van der Waals surface area contributed by atoms with Crippen molar-refractivity contribution in [3.05, 3.63) is 72.3 Å². The summed E-state index contributed by atoms with van der Waals surface area (Å²) in [6.45, 7) is 1.87. The summed E-state index contributed by atoms with van der Waals surface area (Å²) in [5.74, 6) is -2.25. The van der Waals surface area contributed by atoms with Gasteiger partial charge in [0.05, 0.1) is 17.5 Å². The minimum Gasteiger partial charge on any atom is -0.324 e. The van der Waals surface area contributed by atoms with Crippen molar-refractivity contribution in [1.29, 1.82) is 0 Å². The molecule has 4 unspecified atom stereocenters. The molecule has 30 heavy (non-hydrogen) atoms. The zero-order valence-electron chi connectivity index (χ0n) is 16.3. The third-order valence-electron chi connectivity index (χ3n) is 6.78. The lowest BCUT2D eigenvalue weighted by molar-refractivity contribution is -0.130. The molecule has 2 N–H and O–H groups in total. The van der Waals surface area contributed by atoms with Crippen molar-refractivity contribution < 1.29 is 14.4 Å². The number of rotatable bonds is 1. The molecule has 0 bridgehead atoms. The van der Waals surface area contributed by atoms with E-state index in [9.17, 15) is 14.4 Å². The van der Waals surface area contributed by atoms with Crippen LogP contribution in [0.1, 0.15) is 12.5 Å². The number of anilines is 2. The predicted octanol–water partition coefficient (Wildman–Crippen LogP) is 2.78. The first kappa shape index (κ1) is 17.4. The van der Waals surface area contributed by atoms with Gasteiger partial charge in [-0.2, -0.15) is 0 Å². The van der Waals surface area contributed by atoms with Gasteiger partial charge in [0.15, 0.2) is 0 Å². The number of nitrogens with one attached hydrogen (secondary N) is 2. The average Bonchev–Trinajstić information content (AvgIpc) is 3.32. The van der Waals surface area contributed by atoms with Crippen LogP contribution in [-0.2, 0) is 19.9 Å². The minimum absolute atomic E-state index is 0.254. The average molecular weight is 397 g/mol. The molecule has 0 aliphatic carbocycles. The molecule has 3 aromatic carbocycles. The maximum atomic E-state index is 13.8. The van der Waals surface area contributed by atoms with Crippen molar-refractivity contribution in [2.45, 2.75) is 18.5 Å². The van der Waals surface area contributed by atoms with Crippen molar-refractivity contribution in [2.24, 2.45) is 11.8 Å². The van der Waals surface area contributed by atoms with Gasteiger partial charge >= 0.3 is 0 Å². The number of imide groups is 1. The van der Waals surface area contributed by atoms with E-state index < -0.39 is 17.4 Å². The first-order chi connectivity index (χ1) is 14.5. The standard InChI is InChI=1S/C24H19N3O3/c1-13-19-20(24(26-13)16-10-4-5-11-17(16)25-23(24)30)22(29)27(21(19)28)18-12-6-8-14-7-2-3-9-15(14)18/h2-13,19-20,26H,1H3,(H,25,30). The van der Waals surface area contributed by atoms with Gasteiger partial charge in [-0.05, 0) is 24.4 Å². The lowest BCUT2D eigenvalue weighted by Gasteiger charge is -2.29. The predicted molar refractivity (Wildman–Crippen MR) is 113 cm³/mol. The molecular weight excluding hydrogens is 378 g/mol. The number of amides is 3. The van der Waals surface area contributed by atoms with E-state index in [-0.39, 0.29) is 23.8 Å². The summed E-state index contributed by atoms with van der Waals surface area (Å²) in [5.41, 5.74) is 0.765. The van der Waals surface area contributed by atoms with Gasteiger partial charge in [-0.1, -0.05) is 54.6 Å². The Morgan fingerprint density at radius 1 is 0.867 bits per heavy atom. The molecule has 0 saturated carbocycles. The second kappa shape index (κ2) is 5.77. The number of hydrogen-bond acceptors (Lipinski definition) is 4. The number of benzene rings is 3. The molecular formula is C24H19N3O3. The maximum Gasteiger partial charge on any atom is 0.250 e. The monoisotopic (exact) mass is 397 g/mol. The smallest absolute Gasteiger partial charge is 0.250 e. The van der Waals surface area contributed by atoms with Gasteiger partial charge in [0.1, 0.15) is 5.54 Å². The van der Waals surface area contributed by atoms with Crippen LogP contribution in [0, 0.1) is 11.8 Å². The largest absolute Gasteiger partial charge is 0.324 e. The van der Waals surface area contributed by atoms with Crippen LogP contribution in [0.2, 0.25) is 0 Å². The molecule has 3 heterocycles. The van der Waals surface area contributed by atoms with Gasteiger partial charge in [0.2, 0.25) is 17.7 Å². The van der Waals surface area contributed by atoms with E-state index in [0.29, 0.717) is 11.4 Å². The summed E-state index contributed by atoms with van der Waals surface area (Å²) in [5, 5.41) is 8.02. The second-order valence-corrected chi connectivity index (χ2v) is 8.25. The summed E-state index contributed by atoms with van der Waals surface area (Å²) in [6, 6.07) is 20.3. The summed E-state index contributed by atoms with van der Waals surface area (Å²) in [4.78, 5) is 41.8. The molecule has 4 atom stereocenters. The summed E-state index contributed by atoms with van der Waals surface area (Å²) < 4.78 is 0. The van der Waals surface area contributed by atoms with Crippen molar-refractivity contribution in [2.75, 3.05) is 10.2 Å². The fourth-order valence-electron chi connectivity index (χ4n) is 5.56.